The van der Waals surface area contributed by atoms with Gasteiger partial charge in [0.15, 0.2) is 0 Å². The van der Waals surface area contributed by atoms with Crippen molar-refractivity contribution in [2.75, 3.05) is 18.4 Å². The van der Waals surface area contributed by atoms with Gasteiger partial charge in [-0.15, -0.1) is 0 Å². The molecule has 1 aliphatic rings. The van der Waals surface area contributed by atoms with E-state index in [0.29, 0.717) is 5.92 Å². The molecule has 1 N–H and O–H groups in total. The number of carbonyl (C=O) groups excluding carboxylic acids is 1. The van der Waals surface area contributed by atoms with E-state index in [0.717, 1.165) is 49.6 Å². The maximum atomic E-state index is 12.7. The van der Waals surface area contributed by atoms with Crippen LogP contribution in [0.15, 0.2) is 30.6 Å². The van der Waals surface area contributed by atoms with Gasteiger partial charge in [-0.05, 0) is 50.8 Å². The van der Waals surface area contributed by atoms with Gasteiger partial charge in [-0.1, -0.05) is 12.1 Å². The molecule has 5 nitrogen and oxygen atoms in total. The highest BCUT2D eigenvalue weighted by Gasteiger charge is 2.27. The molecule has 1 aromatic heterocycles. The van der Waals surface area contributed by atoms with E-state index in [2.05, 4.69) is 34.8 Å². The summed E-state index contributed by atoms with van der Waals surface area (Å²) in [7, 11) is 0. The second-order valence-corrected chi connectivity index (χ2v) is 6.53. The van der Waals surface area contributed by atoms with E-state index < -0.39 is 0 Å². The van der Waals surface area contributed by atoms with Crippen LogP contribution in [0.5, 0.6) is 0 Å². The number of benzene rings is 1. The Hall–Kier alpha value is -2.30. The number of rotatable bonds is 3. The zero-order chi connectivity index (χ0) is 17.1. The quantitative estimate of drug-likeness (QED) is 0.929. The normalized spacial score (nSPS) is 17.8. The minimum Gasteiger partial charge on any atom is -0.335 e. The predicted octanol–water partition coefficient (Wildman–Crippen LogP) is 3.93. The fraction of sp³-hybridized carbons (Fsp3) is 0.474. The molecule has 1 saturated heterocycles. The minimum atomic E-state index is -0.0111. The number of nitrogens with zero attached hydrogens (tertiary/aromatic N) is 3. The number of aromatic nitrogens is 2. The maximum Gasteiger partial charge on any atom is 0.321 e. The number of amides is 2. The minimum absolute atomic E-state index is 0.0111. The Morgan fingerprint density at radius 1 is 1.38 bits per heavy atom. The summed E-state index contributed by atoms with van der Waals surface area (Å²) in [5.41, 5.74) is 3.22. The molecule has 1 atom stereocenters. The number of imidazole rings is 1. The molecule has 0 unspecified atom stereocenters. The molecule has 0 radical (unpaired) electrons. The van der Waals surface area contributed by atoms with Gasteiger partial charge in [0.2, 0.25) is 0 Å². The Bertz CT molecular complexity index is 722. The average molecular weight is 326 g/mol. The van der Waals surface area contributed by atoms with E-state index in [9.17, 15) is 4.79 Å². The van der Waals surface area contributed by atoms with E-state index in [1.54, 1.807) is 0 Å². The first-order chi connectivity index (χ1) is 11.6. The number of likely N-dealkylation sites (tertiary alicyclic amines) is 1. The van der Waals surface area contributed by atoms with Crippen LogP contribution in [-0.4, -0.2) is 33.6 Å². The van der Waals surface area contributed by atoms with Crippen LogP contribution in [0.3, 0.4) is 0 Å². The van der Waals surface area contributed by atoms with Crippen molar-refractivity contribution in [2.45, 2.75) is 46.1 Å². The first-order valence-corrected chi connectivity index (χ1v) is 8.73. The van der Waals surface area contributed by atoms with Crippen LogP contribution < -0.4 is 5.32 Å². The molecule has 5 heteroatoms. The fourth-order valence-corrected chi connectivity index (χ4v) is 3.40. The van der Waals surface area contributed by atoms with Crippen molar-refractivity contribution in [3.8, 4) is 0 Å². The lowest BCUT2D eigenvalue weighted by atomic mass is 9.97. The highest BCUT2D eigenvalue weighted by Crippen LogP contribution is 2.27. The summed E-state index contributed by atoms with van der Waals surface area (Å²) in [6.07, 6.45) is 5.98. The number of hydrogen-bond acceptors (Lipinski definition) is 2. The molecule has 2 aromatic rings. The highest BCUT2D eigenvalue weighted by atomic mass is 16.2. The van der Waals surface area contributed by atoms with Crippen LogP contribution in [0.1, 0.15) is 42.6 Å². The number of carbonyl (C=O) groups is 1. The summed E-state index contributed by atoms with van der Waals surface area (Å²) in [5.74, 6) is 1.42. The Balaban J connectivity index is 1.70. The van der Waals surface area contributed by atoms with E-state index in [1.807, 2.05) is 36.4 Å². The van der Waals surface area contributed by atoms with E-state index in [-0.39, 0.29) is 6.03 Å². The zero-order valence-electron chi connectivity index (χ0n) is 14.7. The van der Waals surface area contributed by atoms with Crippen molar-refractivity contribution in [3.05, 3.63) is 47.5 Å². The van der Waals surface area contributed by atoms with Gasteiger partial charge in [0, 0.05) is 43.6 Å². The lowest BCUT2D eigenvalue weighted by Gasteiger charge is -2.32. The summed E-state index contributed by atoms with van der Waals surface area (Å²) >= 11 is 0. The standard InChI is InChI=1S/C19H26N4O/c1-4-22-12-10-20-18(22)16-8-6-11-23(13-16)19(24)21-17-9-5-7-14(2)15(17)3/h5,7,9-10,12,16H,4,6,8,11,13H2,1-3H3,(H,21,24)/t16-/m0/s1. The molecule has 2 amide bonds. The Morgan fingerprint density at radius 2 is 2.21 bits per heavy atom. The van der Waals surface area contributed by atoms with E-state index in [1.165, 1.54) is 5.56 Å². The molecule has 0 spiro atoms. The number of hydrogen-bond donors (Lipinski definition) is 1. The van der Waals surface area contributed by atoms with Crippen LogP contribution in [0.4, 0.5) is 10.5 Å². The van der Waals surface area contributed by atoms with Crippen LogP contribution >= 0.6 is 0 Å². The lowest BCUT2D eigenvalue weighted by Crippen LogP contribution is -2.42. The van der Waals surface area contributed by atoms with Gasteiger partial charge in [0.25, 0.3) is 0 Å². The first-order valence-electron chi connectivity index (χ1n) is 8.73. The van der Waals surface area contributed by atoms with Gasteiger partial charge in [-0.3, -0.25) is 0 Å². The van der Waals surface area contributed by atoms with Gasteiger partial charge >= 0.3 is 6.03 Å². The summed E-state index contributed by atoms with van der Waals surface area (Å²) in [5, 5.41) is 3.07. The number of urea groups is 1. The Kier molecular flexibility index (Phi) is 4.88. The third-order valence-corrected chi connectivity index (χ3v) is 5.01. The SMILES string of the molecule is CCn1ccnc1[C@H]1CCCN(C(=O)Nc2cccc(C)c2C)C1. The molecule has 1 aliphatic heterocycles. The number of nitrogens with one attached hydrogen (secondary N) is 1. The van der Waals surface area contributed by atoms with Gasteiger partial charge in [-0.2, -0.15) is 0 Å². The number of anilines is 1. The molecular formula is C19H26N4O. The Labute approximate surface area is 143 Å². The van der Waals surface area contributed by atoms with Crippen LogP contribution in [-0.2, 0) is 6.54 Å². The van der Waals surface area contributed by atoms with E-state index >= 15 is 0 Å². The third-order valence-electron chi connectivity index (χ3n) is 5.01. The van der Waals surface area contributed by atoms with Crippen molar-refractivity contribution >= 4 is 11.7 Å². The zero-order valence-corrected chi connectivity index (χ0v) is 14.7. The lowest BCUT2D eigenvalue weighted by molar-refractivity contribution is 0.190. The summed E-state index contributed by atoms with van der Waals surface area (Å²) in [4.78, 5) is 19.1. The molecule has 0 saturated carbocycles. The summed E-state index contributed by atoms with van der Waals surface area (Å²) < 4.78 is 2.18. The van der Waals surface area contributed by atoms with E-state index in [4.69, 9.17) is 0 Å². The average Bonchev–Trinajstić information content (AvgIpc) is 3.08. The number of aryl methyl sites for hydroxylation is 2. The molecule has 0 bridgehead atoms. The second-order valence-electron chi connectivity index (χ2n) is 6.53. The topological polar surface area (TPSA) is 50.2 Å². The number of piperidine rings is 1. The van der Waals surface area contributed by atoms with Crippen molar-refractivity contribution in [1.82, 2.24) is 14.5 Å². The fourth-order valence-electron chi connectivity index (χ4n) is 3.40. The van der Waals surface area contributed by atoms with Crippen LogP contribution in [0, 0.1) is 13.8 Å². The van der Waals surface area contributed by atoms with Gasteiger partial charge < -0.3 is 14.8 Å². The molecule has 1 fully saturated rings. The van der Waals surface area contributed by atoms with Gasteiger partial charge in [0.1, 0.15) is 5.82 Å². The molecule has 0 aliphatic carbocycles. The largest absolute Gasteiger partial charge is 0.335 e. The molecular weight excluding hydrogens is 300 g/mol. The Morgan fingerprint density at radius 3 is 3.00 bits per heavy atom. The van der Waals surface area contributed by atoms with Crippen LogP contribution in [0.25, 0.3) is 0 Å². The molecule has 1 aromatic carbocycles. The summed E-state index contributed by atoms with van der Waals surface area (Å²) in [6.45, 7) is 8.68. The predicted molar refractivity (Wildman–Crippen MR) is 96.4 cm³/mol. The highest BCUT2D eigenvalue weighted by molar-refractivity contribution is 5.90. The second kappa shape index (κ2) is 7.07. The molecule has 2 heterocycles. The maximum absolute atomic E-state index is 12.7. The summed E-state index contributed by atoms with van der Waals surface area (Å²) in [6, 6.07) is 6.00. The van der Waals surface area contributed by atoms with Gasteiger partial charge in [-0.25, -0.2) is 9.78 Å². The third kappa shape index (κ3) is 3.30. The van der Waals surface area contributed by atoms with Crippen molar-refractivity contribution in [3.63, 3.8) is 0 Å². The van der Waals surface area contributed by atoms with Gasteiger partial charge in [0.05, 0.1) is 0 Å². The smallest absolute Gasteiger partial charge is 0.321 e. The molecule has 3 rings (SSSR count). The van der Waals surface area contributed by atoms with Crippen molar-refractivity contribution < 1.29 is 4.79 Å². The van der Waals surface area contributed by atoms with Crippen molar-refractivity contribution in [2.24, 2.45) is 0 Å². The van der Waals surface area contributed by atoms with Crippen molar-refractivity contribution in [1.29, 1.82) is 0 Å². The first kappa shape index (κ1) is 16.6. The van der Waals surface area contributed by atoms with Crippen LogP contribution in [0.2, 0.25) is 0 Å². The molecule has 24 heavy (non-hydrogen) atoms. The monoisotopic (exact) mass is 326 g/mol. The molecule has 128 valence electrons.